The molecule has 186 valence electrons. The topological polar surface area (TPSA) is 70.6 Å². The number of nitrogens with zero attached hydrogens (tertiary/aromatic N) is 3. The van der Waals surface area contributed by atoms with E-state index >= 15 is 0 Å². The summed E-state index contributed by atoms with van der Waals surface area (Å²) in [6.07, 6.45) is 1.02. The third kappa shape index (κ3) is 6.56. The Bertz CT molecular complexity index is 1240. The second kappa shape index (κ2) is 11.6. The number of aryl methyl sites for hydroxylation is 2. The van der Waals surface area contributed by atoms with Crippen LogP contribution in [0.4, 0.5) is 5.13 Å². The number of fused-ring (bicyclic) bond motifs is 1. The summed E-state index contributed by atoms with van der Waals surface area (Å²) < 4.78 is 25.8. The molecular weight excluding hydrogens is 490 g/mol. The van der Waals surface area contributed by atoms with Crippen LogP contribution in [0.25, 0.3) is 10.2 Å². The molecule has 0 bridgehead atoms. The van der Waals surface area contributed by atoms with E-state index in [2.05, 4.69) is 24.0 Å². The van der Waals surface area contributed by atoms with E-state index < -0.39 is 15.1 Å². The molecule has 0 aliphatic carbocycles. The first-order chi connectivity index (χ1) is 15.5. The number of thiazole rings is 1. The second-order valence-electron chi connectivity index (χ2n) is 9.04. The van der Waals surface area contributed by atoms with Crippen molar-refractivity contribution in [2.45, 2.75) is 50.7 Å². The van der Waals surface area contributed by atoms with Gasteiger partial charge in [0.1, 0.15) is 0 Å². The average Bonchev–Trinajstić information content (AvgIpc) is 3.15. The van der Waals surface area contributed by atoms with Crippen LogP contribution in [0.2, 0.25) is 0 Å². The lowest BCUT2D eigenvalue weighted by Crippen LogP contribution is -2.34. The zero-order chi connectivity index (χ0) is 24.3. The van der Waals surface area contributed by atoms with Crippen LogP contribution < -0.4 is 4.90 Å². The largest absolute Gasteiger partial charge is 0.309 e. The first-order valence-electron chi connectivity index (χ1n) is 11.1. The Labute approximate surface area is 213 Å². The van der Waals surface area contributed by atoms with E-state index in [1.807, 2.05) is 21.0 Å². The number of benzene rings is 2. The Balaban J connectivity index is 0.00000408. The van der Waals surface area contributed by atoms with Gasteiger partial charge in [-0.15, -0.1) is 12.4 Å². The number of carbonyl (C=O) groups excluding carboxylic acids is 1. The summed E-state index contributed by atoms with van der Waals surface area (Å²) >= 11 is 1.54. The molecule has 0 radical (unpaired) electrons. The molecule has 0 saturated carbocycles. The van der Waals surface area contributed by atoms with Crippen LogP contribution in [-0.4, -0.2) is 56.6 Å². The molecule has 9 heteroatoms. The van der Waals surface area contributed by atoms with E-state index in [4.69, 9.17) is 4.98 Å². The maximum atomic E-state index is 13.4. The van der Waals surface area contributed by atoms with Gasteiger partial charge in [-0.1, -0.05) is 29.5 Å². The molecule has 0 aliphatic rings. The quantitative estimate of drug-likeness (QED) is 0.392. The van der Waals surface area contributed by atoms with Crippen molar-refractivity contribution in [3.8, 4) is 0 Å². The van der Waals surface area contributed by atoms with Gasteiger partial charge in [0.15, 0.2) is 15.0 Å². The normalized spacial score (nSPS) is 11.8. The Hall–Kier alpha value is -2.00. The summed E-state index contributed by atoms with van der Waals surface area (Å²) in [5.41, 5.74) is 4.01. The molecule has 6 nitrogen and oxygen atoms in total. The third-order valence-corrected chi connectivity index (χ3v) is 8.76. The third-order valence-electron chi connectivity index (χ3n) is 5.57. The van der Waals surface area contributed by atoms with Gasteiger partial charge in [-0.25, -0.2) is 13.4 Å². The molecule has 1 amide bonds. The van der Waals surface area contributed by atoms with Crippen molar-refractivity contribution in [3.05, 3.63) is 53.1 Å². The molecular formula is C25H34ClN3O3S2. The fourth-order valence-electron chi connectivity index (χ4n) is 3.69. The van der Waals surface area contributed by atoms with Crippen LogP contribution in [0, 0.1) is 13.8 Å². The zero-order valence-electron chi connectivity index (χ0n) is 20.7. The Morgan fingerprint density at radius 3 is 2.29 bits per heavy atom. The van der Waals surface area contributed by atoms with Crippen molar-refractivity contribution in [1.29, 1.82) is 0 Å². The minimum atomic E-state index is -3.33. The molecule has 0 N–H and O–H groups in total. The summed E-state index contributed by atoms with van der Waals surface area (Å²) in [6, 6.07) is 10.9. The maximum Gasteiger partial charge on any atom is 0.233 e. The molecule has 0 spiro atoms. The van der Waals surface area contributed by atoms with E-state index in [1.165, 1.54) is 5.56 Å². The van der Waals surface area contributed by atoms with Gasteiger partial charge in [-0.05, 0) is 89.6 Å². The van der Waals surface area contributed by atoms with Crippen molar-refractivity contribution in [1.82, 2.24) is 9.88 Å². The van der Waals surface area contributed by atoms with Crippen molar-refractivity contribution in [3.63, 3.8) is 0 Å². The van der Waals surface area contributed by atoms with Crippen LogP contribution >= 0.6 is 23.7 Å². The number of amides is 1. The summed E-state index contributed by atoms with van der Waals surface area (Å²) in [6.45, 7) is 8.89. The SMILES string of the molecule is Cc1cc(C)c2nc(N(CCCN(C)C)C(=O)Cc3ccc(S(=O)(=O)C(C)C)cc3)sc2c1.Cl. The van der Waals surface area contributed by atoms with Gasteiger partial charge in [0.25, 0.3) is 0 Å². The number of sulfone groups is 1. The number of anilines is 1. The predicted molar refractivity (Wildman–Crippen MR) is 144 cm³/mol. The molecule has 3 rings (SSSR count). The summed E-state index contributed by atoms with van der Waals surface area (Å²) in [4.78, 5) is 22.3. The summed E-state index contributed by atoms with van der Waals surface area (Å²) in [5, 5.41) is 0.227. The Morgan fingerprint density at radius 2 is 1.71 bits per heavy atom. The van der Waals surface area contributed by atoms with Gasteiger partial charge < -0.3 is 4.90 Å². The second-order valence-corrected chi connectivity index (χ2v) is 12.6. The molecule has 0 atom stereocenters. The van der Waals surface area contributed by atoms with Crippen molar-refractivity contribution < 1.29 is 13.2 Å². The first kappa shape index (κ1) is 28.2. The van der Waals surface area contributed by atoms with E-state index in [0.717, 1.165) is 34.3 Å². The van der Waals surface area contributed by atoms with Crippen LogP contribution in [0.15, 0.2) is 41.3 Å². The van der Waals surface area contributed by atoms with Crippen molar-refractivity contribution in [2.75, 3.05) is 32.1 Å². The molecule has 34 heavy (non-hydrogen) atoms. The van der Waals surface area contributed by atoms with Crippen LogP contribution in [-0.2, 0) is 21.1 Å². The van der Waals surface area contributed by atoms with Gasteiger partial charge in [0.05, 0.1) is 26.8 Å². The van der Waals surface area contributed by atoms with Gasteiger partial charge in [0.2, 0.25) is 5.91 Å². The van der Waals surface area contributed by atoms with Crippen molar-refractivity contribution >= 4 is 54.8 Å². The highest BCUT2D eigenvalue weighted by molar-refractivity contribution is 7.92. The van der Waals surface area contributed by atoms with Gasteiger partial charge in [-0.2, -0.15) is 0 Å². The number of hydrogen-bond acceptors (Lipinski definition) is 6. The lowest BCUT2D eigenvalue weighted by molar-refractivity contribution is -0.118. The molecule has 0 unspecified atom stereocenters. The van der Waals surface area contributed by atoms with E-state index in [1.54, 1.807) is 54.3 Å². The first-order valence-corrected chi connectivity index (χ1v) is 13.5. The molecule has 3 aromatic rings. The minimum absolute atomic E-state index is 0. The van der Waals surface area contributed by atoms with Crippen LogP contribution in [0.3, 0.4) is 0 Å². The van der Waals surface area contributed by atoms with E-state index in [0.29, 0.717) is 11.7 Å². The Morgan fingerprint density at radius 1 is 1.06 bits per heavy atom. The van der Waals surface area contributed by atoms with Crippen LogP contribution in [0.1, 0.15) is 37.0 Å². The number of aromatic nitrogens is 1. The lowest BCUT2D eigenvalue weighted by atomic mass is 10.1. The fourth-order valence-corrected chi connectivity index (χ4v) is 5.93. The number of halogens is 1. The van der Waals surface area contributed by atoms with Crippen molar-refractivity contribution in [2.24, 2.45) is 0 Å². The van der Waals surface area contributed by atoms with E-state index in [9.17, 15) is 13.2 Å². The number of rotatable bonds is 9. The molecule has 0 saturated heterocycles. The smallest absolute Gasteiger partial charge is 0.233 e. The number of carbonyl (C=O) groups is 1. The minimum Gasteiger partial charge on any atom is -0.309 e. The Kier molecular flexibility index (Phi) is 9.65. The highest BCUT2D eigenvalue weighted by Gasteiger charge is 2.22. The number of hydrogen-bond donors (Lipinski definition) is 0. The standard InChI is InChI=1S/C25H33N3O3S2.ClH/c1-17(2)33(30,31)21-10-8-20(9-11-21)16-23(29)28(13-7-12-27(5)6)25-26-24-19(4)14-18(3)15-22(24)32-25;/h8-11,14-15,17H,7,12-13,16H2,1-6H3;1H. The molecule has 0 aliphatic heterocycles. The van der Waals surface area contributed by atoms with Crippen LogP contribution in [0.5, 0.6) is 0 Å². The predicted octanol–water partition coefficient (Wildman–Crippen LogP) is 5.04. The van der Waals surface area contributed by atoms with E-state index in [-0.39, 0.29) is 29.6 Å². The fraction of sp³-hybridized carbons (Fsp3) is 0.440. The zero-order valence-corrected chi connectivity index (χ0v) is 23.1. The molecule has 0 fully saturated rings. The van der Waals surface area contributed by atoms with Gasteiger partial charge in [-0.3, -0.25) is 9.69 Å². The molecule has 1 aromatic heterocycles. The monoisotopic (exact) mass is 523 g/mol. The summed E-state index contributed by atoms with van der Waals surface area (Å²) in [7, 11) is 0.701. The van der Waals surface area contributed by atoms with Gasteiger partial charge >= 0.3 is 0 Å². The molecule has 1 heterocycles. The summed E-state index contributed by atoms with van der Waals surface area (Å²) in [5.74, 6) is -0.0401. The lowest BCUT2D eigenvalue weighted by Gasteiger charge is -2.21. The maximum absolute atomic E-state index is 13.4. The highest BCUT2D eigenvalue weighted by atomic mass is 35.5. The average molecular weight is 524 g/mol. The van der Waals surface area contributed by atoms with Gasteiger partial charge in [0, 0.05) is 6.54 Å². The highest BCUT2D eigenvalue weighted by Crippen LogP contribution is 2.32. The molecule has 2 aromatic carbocycles.